The van der Waals surface area contributed by atoms with Crippen LogP contribution in [0.1, 0.15) is 46.5 Å². The quantitative estimate of drug-likeness (QED) is 0.728. The van der Waals surface area contributed by atoms with Gasteiger partial charge in [0.1, 0.15) is 0 Å². The molecule has 0 bridgehead atoms. The van der Waals surface area contributed by atoms with Gasteiger partial charge < -0.3 is 9.80 Å². The number of hydrogen-bond donors (Lipinski definition) is 0. The lowest BCUT2D eigenvalue weighted by Gasteiger charge is -2.40. The summed E-state index contributed by atoms with van der Waals surface area (Å²) in [6.45, 7) is 10.5. The molecule has 0 aromatic heterocycles. The first kappa shape index (κ1) is 14.8. The van der Waals surface area contributed by atoms with Gasteiger partial charge in [-0.3, -0.25) is 4.79 Å². The summed E-state index contributed by atoms with van der Waals surface area (Å²) in [5, 5.41) is 0. The van der Waals surface area contributed by atoms with Crippen molar-refractivity contribution < 1.29 is 4.79 Å². The van der Waals surface area contributed by atoms with Gasteiger partial charge >= 0.3 is 0 Å². The minimum Gasteiger partial charge on any atom is -0.342 e. The average Bonchev–Trinajstić information content (AvgIpc) is 2.38. The lowest BCUT2D eigenvalue weighted by Crippen LogP contribution is -2.46. The van der Waals surface area contributed by atoms with Gasteiger partial charge in [0.2, 0.25) is 5.91 Å². The van der Waals surface area contributed by atoms with E-state index in [1.807, 2.05) is 20.8 Å². The highest BCUT2D eigenvalue weighted by Crippen LogP contribution is 2.33. The van der Waals surface area contributed by atoms with E-state index in [2.05, 4.69) is 16.8 Å². The van der Waals surface area contributed by atoms with Crippen molar-refractivity contribution in [3.8, 4) is 0 Å². The Morgan fingerprint density at radius 3 is 1.74 bits per heavy atom. The third kappa shape index (κ3) is 3.71. The zero-order chi connectivity index (χ0) is 14.0. The lowest BCUT2D eigenvalue weighted by molar-refractivity contribution is -0.141. The normalized spacial score (nSPS) is 24.7. The molecule has 3 heteroatoms. The summed E-state index contributed by atoms with van der Waals surface area (Å²) in [6, 6.07) is 0. The van der Waals surface area contributed by atoms with Gasteiger partial charge in [-0.25, -0.2) is 0 Å². The minimum absolute atomic E-state index is 0.222. The molecule has 2 rings (SSSR count). The van der Waals surface area contributed by atoms with Crippen LogP contribution >= 0.6 is 0 Å². The van der Waals surface area contributed by atoms with Crippen LogP contribution in [-0.2, 0) is 4.79 Å². The van der Waals surface area contributed by atoms with Crippen molar-refractivity contribution >= 4 is 5.91 Å². The highest BCUT2D eigenvalue weighted by molar-refractivity contribution is 5.81. The fraction of sp³-hybridized carbons (Fsp3) is 0.938. The Morgan fingerprint density at radius 2 is 1.32 bits per heavy atom. The van der Waals surface area contributed by atoms with E-state index in [0.29, 0.717) is 5.91 Å². The number of likely N-dealkylation sites (tertiary alicyclic amines) is 2. The smallest absolute Gasteiger partial charge is 0.227 e. The van der Waals surface area contributed by atoms with Crippen molar-refractivity contribution in [1.29, 1.82) is 0 Å². The predicted molar refractivity (Wildman–Crippen MR) is 79.0 cm³/mol. The summed E-state index contributed by atoms with van der Waals surface area (Å²) in [6.07, 6.45) is 5.15. The molecule has 0 N–H and O–H groups in total. The molecule has 0 saturated carbocycles. The van der Waals surface area contributed by atoms with Gasteiger partial charge in [0.15, 0.2) is 0 Å². The maximum atomic E-state index is 12.3. The molecule has 1 amide bonds. The van der Waals surface area contributed by atoms with Crippen LogP contribution in [0, 0.1) is 17.3 Å². The fourth-order valence-corrected chi connectivity index (χ4v) is 3.55. The van der Waals surface area contributed by atoms with Gasteiger partial charge in [-0.05, 0) is 57.7 Å². The summed E-state index contributed by atoms with van der Waals surface area (Å²) in [7, 11) is 2.22. The molecule has 2 aliphatic rings. The zero-order valence-electron chi connectivity index (χ0n) is 13.1. The summed E-state index contributed by atoms with van der Waals surface area (Å²) >= 11 is 0. The van der Waals surface area contributed by atoms with Crippen molar-refractivity contribution in [1.82, 2.24) is 9.80 Å². The van der Waals surface area contributed by atoms with Crippen molar-refractivity contribution in [3.63, 3.8) is 0 Å². The molecule has 19 heavy (non-hydrogen) atoms. The van der Waals surface area contributed by atoms with Crippen molar-refractivity contribution in [3.05, 3.63) is 0 Å². The molecule has 0 aromatic rings. The molecule has 0 spiro atoms. The van der Waals surface area contributed by atoms with Crippen LogP contribution in [-0.4, -0.2) is 48.9 Å². The molecule has 2 aliphatic heterocycles. The third-order valence-corrected chi connectivity index (χ3v) is 4.90. The first-order chi connectivity index (χ1) is 8.88. The highest BCUT2D eigenvalue weighted by atomic mass is 16.2. The van der Waals surface area contributed by atoms with E-state index in [1.165, 1.54) is 38.8 Å². The molecule has 110 valence electrons. The van der Waals surface area contributed by atoms with Gasteiger partial charge in [0, 0.05) is 18.5 Å². The molecule has 0 aromatic carbocycles. The largest absolute Gasteiger partial charge is 0.342 e. The van der Waals surface area contributed by atoms with Gasteiger partial charge in [-0.1, -0.05) is 20.8 Å². The van der Waals surface area contributed by atoms with Crippen LogP contribution in [0.3, 0.4) is 0 Å². The Bertz CT molecular complexity index is 305. The number of amides is 1. The number of rotatable bonds is 1. The zero-order valence-corrected chi connectivity index (χ0v) is 13.1. The van der Waals surface area contributed by atoms with Crippen molar-refractivity contribution in [2.75, 3.05) is 33.2 Å². The van der Waals surface area contributed by atoms with Crippen LogP contribution in [0.5, 0.6) is 0 Å². The Morgan fingerprint density at radius 1 is 0.895 bits per heavy atom. The van der Waals surface area contributed by atoms with E-state index in [0.717, 1.165) is 24.9 Å². The number of piperidine rings is 2. The number of nitrogens with zero attached hydrogens (tertiary/aromatic N) is 2. The van der Waals surface area contributed by atoms with Gasteiger partial charge in [-0.15, -0.1) is 0 Å². The minimum atomic E-state index is -0.222. The third-order valence-electron chi connectivity index (χ3n) is 4.90. The SMILES string of the molecule is CN1CCC(C2CCN(C(=O)C(C)(C)C)CC2)CC1. The first-order valence-corrected chi connectivity index (χ1v) is 7.86. The second-order valence-electron chi connectivity index (χ2n) is 7.52. The van der Waals surface area contributed by atoms with Crippen molar-refractivity contribution in [2.45, 2.75) is 46.5 Å². The van der Waals surface area contributed by atoms with Gasteiger partial charge in [0.25, 0.3) is 0 Å². The van der Waals surface area contributed by atoms with E-state index in [9.17, 15) is 4.79 Å². The molecule has 2 heterocycles. The predicted octanol–water partition coefficient (Wildman–Crippen LogP) is 2.61. The molecule has 2 fully saturated rings. The molecule has 0 aliphatic carbocycles. The van der Waals surface area contributed by atoms with Gasteiger partial charge in [0.05, 0.1) is 0 Å². The number of hydrogen-bond acceptors (Lipinski definition) is 2. The molecular weight excluding hydrogens is 236 g/mol. The molecule has 3 nitrogen and oxygen atoms in total. The lowest BCUT2D eigenvalue weighted by atomic mass is 9.78. The number of carbonyl (C=O) groups is 1. The van der Waals surface area contributed by atoms with E-state index in [1.54, 1.807) is 0 Å². The van der Waals surface area contributed by atoms with Crippen LogP contribution in [0.15, 0.2) is 0 Å². The van der Waals surface area contributed by atoms with Gasteiger partial charge in [-0.2, -0.15) is 0 Å². The van der Waals surface area contributed by atoms with E-state index in [4.69, 9.17) is 0 Å². The standard InChI is InChI=1S/C16H30N2O/c1-16(2,3)15(19)18-11-7-14(8-12-18)13-5-9-17(4)10-6-13/h13-14H,5-12H2,1-4H3. The first-order valence-electron chi connectivity index (χ1n) is 7.86. The monoisotopic (exact) mass is 266 g/mol. The molecule has 0 radical (unpaired) electrons. The van der Waals surface area contributed by atoms with Crippen LogP contribution in [0.2, 0.25) is 0 Å². The maximum Gasteiger partial charge on any atom is 0.227 e. The van der Waals surface area contributed by atoms with E-state index in [-0.39, 0.29) is 5.41 Å². The highest BCUT2D eigenvalue weighted by Gasteiger charge is 2.33. The molecular formula is C16H30N2O. The Labute approximate surface area is 118 Å². The molecule has 2 saturated heterocycles. The summed E-state index contributed by atoms with van der Waals surface area (Å²) in [4.78, 5) is 16.8. The Balaban J connectivity index is 1.81. The Hall–Kier alpha value is -0.570. The molecule has 0 atom stereocenters. The van der Waals surface area contributed by atoms with Crippen LogP contribution in [0.25, 0.3) is 0 Å². The van der Waals surface area contributed by atoms with E-state index >= 15 is 0 Å². The second kappa shape index (κ2) is 5.82. The van der Waals surface area contributed by atoms with E-state index < -0.39 is 0 Å². The summed E-state index contributed by atoms with van der Waals surface area (Å²) in [5.74, 6) is 2.09. The van der Waals surface area contributed by atoms with Crippen LogP contribution in [0.4, 0.5) is 0 Å². The maximum absolute atomic E-state index is 12.3. The van der Waals surface area contributed by atoms with Crippen molar-refractivity contribution in [2.24, 2.45) is 17.3 Å². The summed E-state index contributed by atoms with van der Waals surface area (Å²) < 4.78 is 0. The summed E-state index contributed by atoms with van der Waals surface area (Å²) in [5.41, 5.74) is -0.222. The molecule has 0 unspecified atom stereocenters. The Kier molecular flexibility index (Phi) is 4.54. The average molecular weight is 266 g/mol. The second-order valence-corrected chi connectivity index (χ2v) is 7.52. The fourth-order valence-electron chi connectivity index (χ4n) is 3.55. The topological polar surface area (TPSA) is 23.6 Å². The van der Waals surface area contributed by atoms with Crippen LogP contribution < -0.4 is 0 Å². The number of carbonyl (C=O) groups excluding carboxylic acids is 1.